The molecule has 2 aromatic rings. The van der Waals surface area contributed by atoms with E-state index < -0.39 is 0 Å². The lowest BCUT2D eigenvalue weighted by atomic mass is 10.1. The van der Waals surface area contributed by atoms with Crippen molar-refractivity contribution < 1.29 is 4.79 Å². The Morgan fingerprint density at radius 2 is 2.16 bits per heavy atom. The third kappa shape index (κ3) is 2.96. The Hall–Kier alpha value is -2.67. The minimum Gasteiger partial charge on any atom is -0.351 e. The maximum absolute atomic E-state index is 11.6. The summed E-state index contributed by atoms with van der Waals surface area (Å²) < 4.78 is 0. The van der Waals surface area contributed by atoms with Gasteiger partial charge < -0.3 is 5.32 Å². The molecule has 0 aliphatic rings. The van der Waals surface area contributed by atoms with Crippen LogP contribution in [0, 0.1) is 11.3 Å². The number of hydrogen-bond donors (Lipinski definition) is 1. The fourth-order valence-corrected chi connectivity index (χ4v) is 1.72. The summed E-state index contributed by atoms with van der Waals surface area (Å²) in [6.07, 6.45) is 1.64. The summed E-state index contributed by atoms with van der Waals surface area (Å²) in [5, 5.41) is 11.6. The number of aromatic nitrogens is 1. The van der Waals surface area contributed by atoms with Crippen LogP contribution in [0.4, 0.5) is 0 Å². The first-order chi connectivity index (χ1) is 9.24. The van der Waals surface area contributed by atoms with Crippen molar-refractivity contribution in [3.63, 3.8) is 0 Å². The highest BCUT2D eigenvalue weighted by Crippen LogP contribution is 2.19. The largest absolute Gasteiger partial charge is 0.351 e. The van der Waals surface area contributed by atoms with Gasteiger partial charge in [-0.3, -0.25) is 9.78 Å². The van der Waals surface area contributed by atoms with Crippen molar-refractivity contribution in [1.82, 2.24) is 10.3 Å². The van der Waals surface area contributed by atoms with Gasteiger partial charge in [0.25, 0.3) is 5.91 Å². The van der Waals surface area contributed by atoms with Gasteiger partial charge in [-0.1, -0.05) is 18.2 Å². The van der Waals surface area contributed by atoms with Gasteiger partial charge in [-0.2, -0.15) is 5.26 Å². The number of benzene rings is 1. The Kier molecular flexibility index (Phi) is 3.89. The Labute approximate surface area is 111 Å². The van der Waals surface area contributed by atoms with Crippen molar-refractivity contribution in [3.8, 4) is 17.2 Å². The van der Waals surface area contributed by atoms with E-state index in [0.29, 0.717) is 17.8 Å². The van der Waals surface area contributed by atoms with E-state index in [2.05, 4.69) is 16.4 Å². The lowest BCUT2D eigenvalue weighted by Gasteiger charge is -2.04. The monoisotopic (exact) mass is 251 g/mol. The zero-order valence-electron chi connectivity index (χ0n) is 10.6. The zero-order valence-corrected chi connectivity index (χ0v) is 10.6. The van der Waals surface area contributed by atoms with Gasteiger partial charge in [0.2, 0.25) is 0 Å². The second-order valence-electron chi connectivity index (χ2n) is 3.98. The van der Waals surface area contributed by atoms with E-state index in [-0.39, 0.29) is 5.91 Å². The van der Waals surface area contributed by atoms with E-state index in [1.165, 1.54) is 0 Å². The Morgan fingerprint density at radius 3 is 2.79 bits per heavy atom. The molecule has 2 rings (SSSR count). The summed E-state index contributed by atoms with van der Waals surface area (Å²) in [4.78, 5) is 15.7. The average molecular weight is 251 g/mol. The van der Waals surface area contributed by atoms with Crippen LogP contribution in [-0.4, -0.2) is 17.4 Å². The second kappa shape index (κ2) is 5.78. The molecule has 94 valence electrons. The molecule has 1 heterocycles. The van der Waals surface area contributed by atoms with Crippen LogP contribution >= 0.6 is 0 Å². The van der Waals surface area contributed by atoms with Crippen LogP contribution < -0.4 is 5.32 Å². The lowest BCUT2D eigenvalue weighted by molar-refractivity contribution is 0.0951. The summed E-state index contributed by atoms with van der Waals surface area (Å²) >= 11 is 0. The highest BCUT2D eigenvalue weighted by Gasteiger charge is 2.06. The van der Waals surface area contributed by atoms with Gasteiger partial charge in [0.15, 0.2) is 0 Å². The normalized spacial score (nSPS) is 9.68. The van der Waals surface area contributed by atoms with Crippen LogP contribution in [0.1, 0.15) is 23.0 Å². The van der Waals surface area contributed by atoms with Crippen LogP contribution in [0.3, 0.4) is 0 Å². The highest BCUT2D eigenvalue weighted by atomic mass is 16.1. The van der Waals surface area contributed by atoms with Gasteiger partial charge in [0.1, 0.15) is 5.69 Å². The summed E-state index contributed by atoms with van der Waals surface area (Å²) in [7, 11) is 0. The second-order valence-corrected chi connectivity index (χ2v) is 3.98. The minimum absolute atomic E-state index is 0.181. The molecule has 0 radical (unpaired) electrons. The molecule has 1 amide bonds. The average Bonchev–Trinajstić information content (AvgIpc) is 2.48. The van der Waals surface area contributed by atoms with Crippen molar-refractivity contribution in [2.45, 2.75) is 6.92 Å². The predicted octanol–water partition coefficient (Wildman–Crippen LogP) is 2.37. The van der Waals surface area contributed by atoms with Crippen LogP contribution in [0.2, 0.25) is 0 Å². The number of nitrogens with zero attached hydrogens (tertiary/aromatic N) is 2. The fraction of sp³-hybridized carbons (Fsp3) is 0.133. The molecule has 4 nitrogen and oxygen atoms in total. The molecule has 0 atom stereocenters. The third-order valence-corrected chi connectivity index (χ3v) is 2.66. The van der Waals surface area contributed by atoms with Crippen LogP contribution in [0.15, 0.2) is 42.6 Å². The molecular formula is C15H13N3O. The minimum atomic E-state index is -0.181. The first-order valence-electron chi connectivity index (χ1n) is 5.99. The molecular weight excluding hydrogens is 238 g/mol. The molecule has 0 aliphatic heterocycles. The van der Waals surface area contributed by atoms with E-state index in [0.717, 1.165) is 11.1 Å². The third-order valence-electron chi connectivity index (χ3n) is 2.66. The van der Waals surface area contributed by atoms with Crippen molar-refractivity contribution in [3.05, 3.63) is 53.9 Å². The number of carbonyl (C=O) groups is 1. The van der Waals surface area contributed by atoms with Crippen molar-refractivity contribution in [1.29, 1.82) is 5.26 Å². The van der Waals surface area contributed by atoms with Crippen molar-refractivity contribution in [2.24, 2.45) is 0 Å². The SMILES string of the molecule is CCNC(=O)c1ccc(-c2cccc(C#N)c2)cn1. The number of pyridine rings is 1. The zero-order chi connectivity index (χ0) is 13.7. The maximum atomic E-state index is 11.6. The molecule has 1 aromatic carbocycles. The topological polar surface area (TPSA) is 65.8 Å². The smallest absolute Gasteiger partial charge is 0.269 e. The predicted molar refractivity (Wildman–Crippen MR) is 72.4 cm³/mol. The Bertz CT molecular complexity index is 627. The first-order valence-corrected chi connectivity index (χ1v) is 5.99. The molecule has 19 heavy (non-hydrogen) atoms. The molecule has 1 N–H and O–H groups in total. The summed E-state index contributed by atoms with van der Waals surface area (Å²) in [5.41, 5.74) is 2.78. The summed E-state index contributed by atoms with van der Waals surface area (Å²) in [6, 6.07) is 12.9. The maximum Gasteiger partial charge on any atom is 0.269 e. The summed E-state index contributed by atoms with van der Waals surface area (Å²) in [5.74, 6) is -0.181. The molecule has 0 bridgehead atoms. The Balaban J connectivity index is 2.27. The highest BCUT2D eigenvalue weighted by molar-refractivity contribution is 5.92. The first kappa shape index (κ1) is 12.8. The summed E-state index contributed by atoms with van der Waals surface area (Å²) in [6.45, 7) is 2.44. The number of amides is 1. The Morgan fingerprint density at radius 1 is 1.32 bits per heavy atom. The quantitative estimate of drug-likeness (QED) is 0.910. The van der Waals surface area contributed by atoms with Crippen LogP contribution in [0.5, 0.6) is 0 Å². The van der Waals surface area contributed by atoms with Crippen LogP contribution in [-0.2, 0) is 0 Å². The number of rotatable bonds is 3. The van der Waals surface area contributed by atoms with E-state index in [1.54, 1.807) is 24.4 Å². The fourth-order valence-electron chi connectivity index (χ4n) is 1.72. The molecule has 0 unspecified atom stereocenters. The molecule has 0 aliphatic carbocycles. The number of hydrogen-bond acceptors (Lipinski definition) is 3. The van der Waals surface area contributed by atoms with Gasteiger partial charge >= 0.3 is 0 Å². The van der Waals surface area contributed by atoms with Gasteiger partial charge in [-0.25, -0.2) is 0 Å². The van der Waals surface area contributed by atoms with E-state index in [9.17, 15) is 4.79 Å². The standard InChI is InChI=1S/C15H13N3O/c1-2-17-15(19)14-7-6-13(10-18-14)12-5-3-4-11(8-12)9-16/h3-8,10H,2H2,1H3,(H,17,19). The number of nitriles is 1. The van der Waals surface area contributed by atoms with Gasteiger partial charge in [0.05, 0.1) is 11.6 Å². The van der Waals surface area contributed by atoms with Gasteiger partial charge in [0, 0.05) is 18.3 Å². The molecule has 0 spiro atoms. The van der Waals surface area contributed by atoms with E-state index in [1.807, 2.05) is 25.1 Å². The molecule has 0 fully saturated rings. The molecule has 0 saturated heterocycles. The van der Waals surface area contributed by atoms with E-state index >= 15 is 0 Å². The number of nitrogens with one attached hydrogen (secondary N) is 1. The van der Waals surface area contributed by atoms with Crippen molar-refractivity contribution >= 4 is 5.91 Å². The molecule has 1 aromatic heterocycles. The van der Waals surface area contributed by atoms with Gasteiger partial charge in [-0.15, -0.1) is 0 Å². The van der Waals surface area contributed by atoms with Crippen molar-refractivity contribution in [2.75, 3.05) is 6.54 Å². The van der Waals surface area contributed by atoms with E-state index in [4.69, 9.17) is 5.26 Å². The van der Waals surface area contributed by atoms with Crippen LogP contribution in [0.25, 0.3) is 11.1 Å². The molecule has 4 heteroatoms. The number of carbonyl (C=O) groups excluding carboxylic acids is 1. The molecule has 0 saturated carbocycles. The van der Waals surface area contributed by atoms with Gasteiger partial charge in [-0.05, 0) is 30.7 Å². The lowest BCUT2D eigenvalue weighted by Crippen LogP contribution is -2.23.